The smallest absolute Gasteiger partial charge is 0.335 e. The third-order valence-electron chi connectivity index (χ3n) is 17.8. The van der Waals surface area contributed by atoms with Crippen LogP contribution in [0.15, 0.2) is 109 Å². The number of nitrogens with zero attached hydrogens (tertiary/aromatic N) is 13. The van der Waals surface area contributed by atoms with Crippen LogP contribution >= 0.6 is 0 Å². The van der Waals surface area contributed by atoms with Crippen LogP contribution in [0.4, 0.5) is 0 Å². The number of carboxylic acids is 1. The fraction of sp³-hybridized carbons (Fsp3) is 0.357. The number of fused-ring (bicyclic) bond motifs is 6. The zero-order chi connectivity index (χ0) is 68.4. The Bertz CT molecular complexity index is 4020. The number of rotatable bonds is 16. The molecule has 0 saturated carbocycles. The summed E-state index contributed by atoms with van der Waals surface area (Å²) < 4.78 is 5.04. The van der Waals surface area contributed by atoms with E-state index in [1.165, 1.54) is 0 Å². The second-order valence-corrected chi connectivity index (χ2v) is 26.3. The van der Waals surface area contributed by atoms with Gasteiger partial charge in [0.1, 0.15) is 5.75 Å². The summed E-state index contributed by atoms with van der Waals surface area (Å²) >= 11 is 0. The normalized spacial score (nSPS) is 15.3. The van der Waals surface area contributed by atoms with Gasteiger partial charge >= 0.3 is 5.97 Å². The van der Waals surface area contributed by atoms with Gasteiger partial charge in [0.05, 0.1) is 21.8 Å². The van der Waals surface area contributed by atoms with Crippen molar-refractivity contribution in [1.29, 1.82) is 0 Å². The van der Waals surface area contributed by atoms with E-state index in [4.69, 9.17) is 10.5 Å². The molecule has 3 aromatic heterocycles. The number of ether oxygens (including phenoxy) is 1. The van der Waals surface area contributed by atoms with E-state index in [0.717, 1.165) is 73.2 Å². The van der Waals surface area contributed by atoms with Crippen LogP contribution in [0, 0.1) is 11.8 Å². The van der Waals surface area contributed by atoms with E-state index < -0.39 is 22.2 Å². The predicted molar refractivity (Wildman–Crippen MR) is 352 cm³/mol. The van der Waals surface area contributed by atoms with Crippen molar-refractivity contribution >= 4 is 36.1 Å². The van der Waals surface area contributed by atoms with Gasteiger partial charge in [0.15, 0.2) is 17.5 Å². The van der Waals surface area contributed by atoms with Crippen molar-refractivity contribution < 1.29 is 38.6 Å². The number of hydrogen-bond acceptors (Lipinski definition) is 17. The molecule has 3 aliphatic carbocycles. The molecule has 0 radical (unpaired) electrons. The molecule has 0 spiro atoms. The van der Waals surface area contributed by atoms with E-state index in [1.54, 1.807) is 94.2 Å². The molecule has 0 bridgehead atoms. The number of carboxylic acid groups (broad SMARTS) is 1. The van der Waals surface area contributed by atoms with Crippen molar-refractivity contribution in [3.05, 3.63) is 221 Å². The van der Waals surface area contributed by atoms with Crippen molar-refractivity contribution in [2.75, 3.05) is 56.4 Å². The SMILES string of the molecule is CC(C)CC1(c2nn[nH]n2)c2ccc(C(=O)N(C)C)cc2Cc2cc(C(=O)N(C)C)ccc21.CC(C)CC1(c2nn[nH]n2)c2ccc(OC=O)cc2Cc2cc(C(=O)O)ccc21.C[C@H](N)CC1(c2nn[nH]n2)c2ccc(C(=O)N(C)C)cc2Cc2cc(C(=O)N(C)C)ccc21. The summed E-state index contributed by atoms with van der Waals surface area (Å²) in [7, 11) is 13.9. The summed E-state index contributed by atoms with van der Waals surface area (Å²) in [6.45, 7) is 10.9. The van der Waals surface area contributed by atoms with E-state index >= 15 is 0 Å². The molecule has 2 atom stereocenters. The molecule has 4 amide bonds. The minimum absolute atomic E-state index is 0.0471. The van der Waals surface area contributed by atoms with Crippen LogP contribution in [-0.2, 0) is 40.3 Å². The maximum atomic E-state index is 12.7. The second-order valence-electron chi connectivity index (χ2n) is 26.3. The standard InChI is InChI=1S/C25H30N6O2.C24H29N7O2.C21H20N4O4/c1-15(2)14-25(24-26-28-29-27-24)20-9-7-16(22(32)30(3)4)11-18(20)13-19-12-17(8-10-21(19)25)23(33)31(5)6;1-14(25)13-24(23-26-28-29-27-23)19-8-6-15(21(32)30(2)3)10-17(19)12-18-11-16(7-9-20(18)24)22(33)31(4)5;1-12(2)10-21(20-22-24-25-23-20)17-5-3-13(19(27)28)7-14(17)8-15-9-16(29-11-26)4-6-18(15)21/h7-12,15H,13-14H2,1-6H3,(H,26,27,28,29);6-11,14H,12-13,25H2,1-5H3,(H,26,27,28,29);3-7,9,11-12H,8,10H2,1-2H3,(H,27,28)(H,22,23,24,25)/t;14-;/m.0./s1. The largest absolute Gasteiger partial charge is 0.478 e. The lowest BCUT2D eigenvalue weighted by molar-refractivity contribution is -0.120. The Morgan fingerprint density at radius 2 is 0.726 bits per heavy atom. The highest BCUT2D eigenvalue weighted by Crippen LogP contribution is 2.52. The molecule has 1 unspecified atom stereocenters. The molecule has 0 aliphatic heterocycles. The molecule has 6 N–H and O–H groups in total. The van der Waals surface area contributed by atoms with Gasteiger partial charge in [0.25, 0.3) is 30.1 Å². The molecule has 25 heteroatoms. The van der Waals surface area contributed by atoms with Gasteiger partial charge in [-0.25, -0.2) is 4.79 Å². The van der Waals surface area contributed by atoms with Gasteiger partial charge in [-0.2, -0.15) is 15.6 Å². The van der Waals surface area contributed by atoms with Gasteiger partial charge in [-0.3, -0.25) is 24.0 Å². The quantitative estimate of drug-likeness (QED) is 0.0598. The van der Waals surface area contributed by atoms with E-state index in [9.17, 15) is 33.9 Å². The Labute approximate surface area is 550 Å². The maximum Gasteiger partial charge on any atom is 0.335 e. The van der Waals surface area contributed by atoms with Crippen LogP contribution in [0.1, 0.15) is 190 Å². The zero-order valence-electron chi connectivity index (χ0n) is 55.6. The summed E-state index contributed by atoms with van der Waals surface area (Å²) in [5.74, 6) is 1.47. The lowest BCUT2D eigenvalue weighted by Gasteiger charge is -2.40. The zero-order valence-corrected chi connectivity index (χ0v) is 55.6. The Morgan fingerprint density at radius 3 is 0.979 bits per heavy atom. The van der Waals surface area contributed by atoms with E-state index in [1.807, 2.05) is 97.9 Å². The predicted octanol–water partition coefficient (Wildman–Crippen LogP) is 7.19. The number of hydrogen-bond donors (Lipinski definition) is 5. The minimum Gasteiger partial charge on any atom is -0.478 e. The molecule has 9 aromatic rings. The molecule has 0 fully saturated rings. The Morgan fingerprint density at radius 1 is 0.453 bits per heavy atom. The Balaban J connectivity index is 0.000000156. The van der Waals surface area contributed by atoms with Crippen LogP contribution in [-0.4, -0.2) is 185 Å². The van der Waals surface area contributed by atoms with Crippen molar-refractivity contribution in [1.82, 2.24) is 81.5 Å². The van der Waals surface area contributed by atoms with Gasteiger partial charge < -0.3 is 35.2 Å². The first-order valence-corrected chi connectivity index (χ1v) is 31.2. The molecular formula is C70H79N17O8. The maximum absolute atomic E-state index is 12.7. The van der Waals surface area contributed by atoms with Gasteiger partial charge in [0.2, 0.25) is 0 Å². The molecule has 12 rings (SSSR count). The first-order chi connectivity index (χ1) is 45.2. The summed E-state index contributed by atoms with van der Waals surface area (Å²) in [4.78, 5) is 79.4. The highest BCUT2D eigenvalue weighted by atomic mass is 16.5. The molecule has 25 nitrogen and oxygen atoms in total. The van der Waals surface area contributed by atoms with Crippen LogP contribution in [0.5, 0.6) is 5.75 Å². The molecule has 6 aromatic carbocycles. The second kappa shape index (κ2) is 27.1. The number of aromatic amines is 3. The van der Waals surface area contributed by atoms with Gasteiger partial charge in [-0.1, -0.05) is 79.7 Å². The lowest BCUT2D eigenvalue weighted by atomic mass is 9.62. The number of carbonyl (C=O) groups excluding carboxylic acids is 5. The number of amides is 4. The van der Waals surface area contributed by atoms with Gasteiger partial charge in [-0.15, -0.1) is 30.6 Å². The molecule has 95 heavy (non-hydrogen) atoms. The fourth-order valence-electron chi connectivity index (χ4n) is 14.2. The highest BCUT2D eigenvalue weighted by molar-refractivity contribution is 5.97. The van der Waals surface area contributed by atoms with Crippen LogP contribution in [0.2, 0.25) is 0 Å². The third-order valence-corrected chi connectivity index (χ3v) is 17.8. The Kier molecular flexibility index (Phi) is 19.2. The minimum atomic E-state index is -0.981. The van der Waals surface area contributed by atoms with Gasteiger partial charge in [-0.05, 0) is 197 Å². The molecule has 492 valence electrons. The molecule has 3 heterocycles. The van der Waals surface area contributed by atoms with Crippen LogP contribution in [0.3, 0.4) is 0 Å². The van der Waals surface area contributed by atoms with Crippen molar-refractivity contribution in [3.8, 4) is 5.75 Å². The van der Waals surface area contributed by atoms with E-state index in [0.29, 0.717) is 90.0 Å². The number of benzene rings is 6. The average Bonchev–Trinajstić information content (AvgIpc) is 1.57. The molecule has 3 aliphatic rings. The van der Waals surface area contributed by atoms with Gasteiger partial charge in [0, 0.05) is 84.7 Å². The number of H-pyrrole nitrogens is 3. The van der Waals surface area contributed by atoms with Crippen LogP contribution < -0.4 is 10.5 Å². The average molecular weight is 1290 g/mol. The van der Waals surface area contributed by atoms with E-state index in [-0.39, 0.29) is 41.2 Å². The number of aromatic nitrogens is 12. The first kappa shape index (κ1) is 67.2. The Hall–Kier alpha value is -10.7. The number of tetrazole rings is 3. The monoisotopic (exact) mass is 1290 g/mol. The van der Waals surface area contributed by atoms with Crippen molar-refractivity contribution in [2.24, 2.45) is 17.6 Å². The summed E-state index contributed by atoms with van der Waals surface area (Å²) in [5.41, 5.74) is 18.9. The lowest BCUT2D eigenvalue weighted by Crippen LogP contribution is -2.41. The van der Waals surface area contributed by atoms with Crippen molar-refractivity contribution in [3.63, 3.8) is 0 Å². The molecular weight excluding hydrogens is 1210 g/mol. The topological polar surface area (TPSA) is 334 Å². The third kappa shape index (κ3) is 12.7. The summed E-state index contributed by atoms with van der Waals surface area (Å²) in [5, 5.41) is 55.0. The van der Waals surface area contributed by atoms with Crippen molar-refractivity contribution in [2.45, 2.75) is 95.4 Å². The van der Waals surface area contributed by atoms with Crippen LogP contribution in [0.25, 0.3) is 0 Å². The molecule has 0 saturated heterocycles. The first-order valence-electron chi connectivity index (χ1n) is 31.2. The summed E-state index contributed by atoms with van der Waals surface area (Å²) in [6.07, 6.45) is 3.70. The number of nitrogens with two attached hydrogens (primary N) is 1. The van der Waals surface area contributed by atoms with E-state index in [2.05, 4.69) is 89.6 Å². The fourth-order valence-corrected chi connectivity index (χ4v) is 14.2. The summed E-state index contributed by atoms with van der Waals surface area (Å²) in [6, 6.07) is 33.8. The number of carbonyl (C=O) groups is 6. The number of nitrogens with one attached hydrogen (secondary N) is 3. The number of aromatic carboxylic acids is 1. The highest BCUT2D eigenvalue weighted by Gasteiger charge is 2.49.